The molecular weight excluding hydrogens is 231 g/mol. The third-order valence-electron chi connectivity index (χ3n) is 1.70. The molecule has 0 aliphatic rings. The molecule has 86 valence electrons. The number of alkyl halides is 3. The molecule has 17 heavy (non-hydrogen) atoms. The number of rotatable bonds is 1. The van der Waals surface area contributed by atoms with Crippen molar-refractivity contribution >= 4 is 11.6 Å². The number of amides is 1. The van der Waals surface area contributed by atoms with E-state index < -0.39 is 12.1 Å². The summed E-state index contributed by atoms with van der Waals surface area (Å²) in [7, 11) is 0. The molecule has 5 heteroatoms. The molecule has 1 aromatic carbocycles. The number of carbonyl (C=O) groups is 1. The normalized spacial score (nSPS) is 9.76. The van der Waals surface area contributed by atoms with Gasteiger partial charge in [0, 0.05) is 5.56 Å². The van der Waals surface area contributed by atoms with E-state index in [2.05, 4.69) is 11.8 Å². The zero-order chi connectivity index (χ0) is 12.9. The first kappa shape index (κ1) is 12.7. The molecule has 1 rings (SSSR count). The van der Waals surface area contributed by atoms with Gasteiger partial charge in [-0.1, -0.05) is 18.1 Å². The average Bonchev–Trinajstić information content (AvgIpc) is 2.26. The highest BCUT2D eigenvalue weighted by atomic mass is 19.4. The van der Waals surface area contributed by atoms with Crippen molar-refractivity contribution in [3.8, 4) is 24.2 Å². The number of benzene rings is 1. The van der Waals surface area contributed by atoms with Crippen LogP contribution in [0.4, 0.5) is 18.9 Å². The number of nitrogens with one attached hydrogen (secondary N) is 1. The van der Waals surface area contributed by atoms with E-state index in [4.69, 9.17) is 6.42 Å². The van der Waals surface area contributed by atoms with Crippen molar-refractivity contribution < 1.29 is 18.0 Å². The summed E-state index contributed by atoms with van der Waals surface area (Å²) in [5, 5.41) is 1.72. The number of hydrogen-bond acceptors (Lipinski definition) is 1. The maximum absolute atomic E-state index is 12.0. The Bertz CT molecular complexity index is 529. The summed E-state index contributed by atoms with van der Waals surface area (Å²) in [6.45, 7) is 0. The largest absolute Gasteiger partial charge is 0.471 e. The van der Waals surface area contributed by atoms with Crippen LogP contribution in [0, 0.1) is 24.2 Å². The van der Waals surface area contributed by atoms with Gasteiger partial charge in [-0.2, -0.15) is 13.2 Å². The van der Waals surface area contributed by atoms with Crippen molar-refractivity contribution in [1.29, 1.82) is 0 Å². The first-order valence-electron chi connectivity index (χ1n) is 4.39. The number of halogens is 3. The van der Waals surface area contributed by atoms with Crippen molar-refractivity contribution in [2.24, 2.45) is 0 Å². The van der Waals surface area contributed by atoms with Crippen LogP contribution >= 0.6 is 0 Å². The minimum absolute atomic E-state index is 0.0300. The predicted molar refractivity (Wildman–Crippen MR) is 56.8 cm³/mol. The number of terminal acetylenes is 1. The Kier molecular flexibility index (Phi) is 3.79. The number of carbonyl (C=O) groups excluding carboxylic acids is 1. The summed E-state index contributed by atoms with van der Waals surface area (Å²) in [5.41, 5.74) is 0.195. The first-order chi connectivity index (χ1) is 7.95. The molecule has 0 unspecified atom stereocenters. The Morgan fingerprint density at radius 2 is 1.94 bits per heavy atom. The molecule has 0 bridgehead atoms. The Morgan fingerprint density at radius 3 is 2.53 bits per heavy atom. The van der Waals surface area contributed by atoms with E-state index in [-0.39, 0.29) is 11.3 Å². The van der Waals surface area contributed by atoms with Gasteiger partial charge < -0.3 is 5.32 Å². The van der Waals surface area contributed by atoms with E-state index in [1.807, 2.05) is 5.92 Å². The van der Waals surface area contributed by atoms with Crippen LogP contribution < -0.4 is 5.32 Å². The number of para-hydroxylation sites is 1. The lowest BCUT2D eigenvalue weighted by atomic mass is 10.2. The summed E-state index contributed by atoms with van der Waals surface area (Å²) >= 11 is 0. The molecule has 1 N–H and O–H groups in total. The minimum atomic E-state index is -4.94. The summed E-state index contributed by atoms with van der Waals surface area (Å²) in [4.78, 5) is 10.7. The Hall–Kier alpha value is -2.40. The highest BCUT2D eigenvalue weighted by molar-refractivity contribution is 5.96. The Balaban J connectivity index is 3.00. The highest BCUT2D eigenvalue weighted by Crippen LogP contribution is 2.20. The lowest BCUT2D eigenvalue weighted by molar-refractivity contribution is -0.167. The van der Waals surface area contributed by atoms with Crippen LogP contribution in [0.3, 0.4) is 0 Å². The fourth-order valence-corrected chi connectivity index (χ4v) is 0.998. The van der Waals surface area contributed by atoms with Gasteiger partial charge in [0.1, 0.15) is 0 Å². The zero-order valence-corrected chi connectivity index (χ0v) is 8.43. The van der Waals surface area contributed by atoms with Gasteiger partial charge in [-0.25, -0.2) is 0 Å². The van der Waals surface area contributed by atoms with Gasteiger partial charge in [0.05, 0.1) is 5.69 Å². The molecule has 0 aliphatic heterocycles. The van der Waals surface area contributed by atoms with Crippen molar-refractivity contribution in [2.75, 3.05) is 5.32 Å². The topological polar surface area (TPSA) is 29.1 Å². The van der Waals surface area contributed by atoms with Crippen LogP contribution in [-0.4, -0.2) is 12.1 Å². The molecule has 0 atom stereocenters. The van der Waals surface area contributed by atoms with Gasteiger partial charge in [0.2, 0.25) is 0 Å². The van der Waals surface area contributed by atoms with Gasteiger partial charge in [-0.15, -0.1) is 6.42 Å². The molecule has 0 saturated carbocycles. The fourth-order valence-electron chi connectivity index (χ4n) is 0.998. The Labute approximate surface area is 95.8 Å². The van der Waals surface area contributed by atoms with Crippen molar-refractivity contribution in [2.45, 2.75) is 6.18 Å². The van der Waals surface area contributed by atoms with Crippen LogP contribution in [0.2, 0.25) is 0 Å². The second-order valence-electron chi connectivity index (χ2n) is 2.89. The second-order valence-corrected chi connectivity index (χ2v) is 2.89. The van der Waals surface area contributed by atoms with E-state index in [1.54, 1.807) is 11.4 Å². The van der Waals surface area contributed by atoms with Gasteiger partial charge in [-0.05, 0) is 24.0 Å². The number of hydrogen-bond donors (Lipinski definition) is 1. The lowest BCUT2D eigenvalue weighted by Crippen LogP contribution is -2.30. The molecule has 0 radical (unpaired) electrons. The molecule has 0 aliphatic carbocycles. The van der Waals surface area contributed by atoms with Crippen LogP contribution in [0.1, 0.15) is 5.56 Å². The van der Waals surface area contributed by atoms with Crippen LogP contribution in [0.15, 0.2) is 24.3 Å². The molecule has 0 spiro atoms. The maximum Gasteiger partial charge on any atom is 0.471 e. The van der Waals surface area contributed by atoms with Gasteiger partial charge in [0.25, 0.3) is 0 Å². The molecule has 1 amide bonds. The van der Waals surface area contributed by atoms with Gasteiger partial charge >= 0.3 is 12.1 Å². The smallest absolute Gasteiger partial charge is 0.317 e. The monoisotopic (exact) mass is 237 g/mol. The summed E-state index contributed by atoms with van der Waals surface area (Å²) in [5.74, 6) is 4.70. The maximum atomic E-state index is 12.0. The molecular formula is C12H6F3NO. The van der Waals surface area contributed by atoms with Crippen molar-refractivity contribution in [3.05, 3.63) is 29.8 Å². The van der Waals surface area contributed by atoms with Crippen LogP contribution in [0.5, 0.6) is 0 Å². The fraction of sp³-hybridized carbons (Fsp3) is 0.0833. The SMILES string of the molecule is C#CC#Cc1ccccc1NC(=O)C(F)(F)F. The van der Waals surface area contributed by atoms with E-state index in [0.29, 0.717) is 0 Å². The van der Waals surface area contributed by atoms with Crippen molar-refractivity contribution in [3.63, 3.8) is 0 Å². The highest BCUT2D eigenvalue weighted by Gasteiger charge is 2.38. The molecule has 0 saturated heterocycles. The quantitative estimate of drug-likeness (QED) is 0.745. The van der Waals surface area contributed by atoms with Gasteiger partial charge in [-0.3, -0.25) is 4.79 Å². The predicted octanol–water partition coefficient (Wildman–Crippen LogP) is 2.17. The third kappa shape index (κ3) is 3.58. The van der Waals surface area contributed by atoms with Gasteiger partial charge in [0.15, 0.2) is 0 Å². The summed E-state index contributed by atoms with van der Waals surface area (Å²) in [6, 6.07) is 5.82. The minimum Gasteiger partial charge on any atom is -0.317 e. The molecule has 0 fully saturated rings. The van der Waals surface area contributed by atoms with Crippen LogP contribution in [0.25, 0.3) is 0 Å². The van der Waals surface area contributed by atoms with E-state index in [0.717, 1.165) is 0 Å². The van der Waals surface area contributed by atoms with E-state index in [9.17, 15) is 18.0 Å². The lowest BCUT2D eigenvalue weighted by Gasteiger charge is -2.09. The van der Waals surface area contributed by atoms with Crippen molar-refractivity contribution in [1.82, 2.24) is 0 Å². The molecule has 1 aromatic rings. The molecule has 2 nitrogen and oxygen atoms in total. The Morgan fingerprint density at radius 1 is 1.29 bits per heavy atom. The van der Waals surface area contributed by atoms with E-state index in [1.165, 1.54) is 18.2 Å². The first-order valence-corrected chi connectivity index (χ1v) is 4.39. The number of anilines is 1. The zero-order valence-electron chi connectivity index (χ0n) is 8.43. The summed E-state index contributed by atoms with van der Waals surface area (Å²) in [6.07, 6.45) is -0.0319. The molecule has 0 heterocycles. The molecule has 0 aromatic heterocycles. The summed E-state index contributed by atoms with van der Waals surface area (Å²) < 4.78 is 36.1. The average molecular weight is 237 g/mol. The third-order valence-corrected chi connectivity index (χ3v) is 1.70. The van der Waals surface area contributed by atoms with E-state index >= 15 is 0 Å². The second kappa shape index (κ2) is 5.09. The van der Waals surface area contributed by atoms with Crippen LogP contribution in [-0.2, 0) is 4.79 Å². The standard InChI is InChI=1S/C12H6F3NO/c1-2-3-6-9-7-4-5-8-10(9)16-11(17)12(13,14)15/h1,4-5,7-8H,(H,16,17).